The minimum Gasteiger partial charge on any atom is -0.497 e. The lowest BCUT2D eigenvalue weighted by molar-refractivity contribution is 0.102. The van der Waals surface area contributed by atoms with Gasteiger partial charge >= 0.3 is 0 Å². The molecular weight excluding hydrogens is 340 g/mol. The quantitative estimate of drug-likeness (QED) is 0.601. The highest BCUT2D eigenvalue weighted by atomic mass is 16.5. The van der Waals surface area contributed by atoms with Crippen LogP contribution in [0.25, 0.3) is 22.2 Å². The van der Waals surface area contributed by atoms with Gasteiger partial charge in [0.1, 0.15) is 11.4 Å². The molecule has 27 heavy (non-hydrogen) atoms. The van der Waals surface area contributed by atoms with E-state index in [-0.39, 0.29) is 5.91 Å². The zero-order valence-electron chi connectivity index (χ0n) is 15.0. The van der Waals surface area contributed by atoms with Crippen molar-refractivity contribution in [2.75, 3.05) is 12.4 Å². The topological polar surface area (TPSA) is 69.0 Å². The number of aryl methyl sites for hydroxylation is 1. The second-order valence-corrected chi connectivity index (χ2v) is 6.12. The summed E-state index contributed by atoms with van der Waals surface area (Å²) < 4.78 is 6.95. The number of amides is 1. The summed E-state index contributed by atoms with van der Waals surface area (Å²) in [6.07, 6.45) is 3.46. The number of carbonyl (C=O) groups is 1. The maximum absolute atomic E-state index is 12.7. The van der Waals surface area contributed by atoms with Gasteiger partial charge in [0.05, 0.1) is 12.6 Å². The van der Waals surface area contributed by atoms with Crippen molar-refractivity contribution in [3.63, 3.8) is 0 Å². The summed E-state index contributed by atoms with van der Waals surface area (Å²) in [4.78, 5) is 16.7. The first-order valence-corrected chi connectivity index (χ1v) is 8.48. The van der Waals surface area contributed by atoms with E-state index in [9.17, 15) is 4.79 Å². The number of pyridine rings is 1. The molecule has 2 aromatic carbocycles. The molecule has 0 atom stereocenters. The van der Waals surface area contributed by atoms with E-state index >= 15 is 0 Å². The van der Waals surface area contributed by atoms with E-state index < -0.39 is 0 Å². The predicted molar refractivity (Wildman–Crippen MR) is 105 cm³/mol. The number of ether oxygens (including phenoxy) is 1. The van der Waals surface area contributed by atoms with Gasteiger partial charge < -0.3 is 10.1 Å². The third-order valence-corrected chi connectivity index (χ3v) is 4.41. The fourth-order valence-electron chi connectivity index (χ4n) is 3.01. The highest BCUT2D eigenvalue weighted by Gasteiger charge is 2.14. The molecule has 134 valence electrons. The Balaban J connectivity index is 1.68. The molecule has 2 aromatic heterocycles. The monoisotopic (exact) mass is 358 g/mol. The molecule has 0 aliphatic rings. The number of anilines is 1. The minimum absolute atomic E-state index is 0.174. The first kappa shape index (κ1) is 16.8. The van der Waals surface area contributed by atoms with Crippen LogP contribution in [-0.2, 0) is 7.05 Å². The number of nitrogens with one attached hydrogen (secondary N) is 1. The van der Waals surface area contributed by atoms with Gasteiger partial charge in [-0.15, -0.1) is 0 Å². The van der Waals surface area contributed by atoms with E-state index in [1.54, 1.807) is 25.6 Å². The molecule has 0 spiro atoms. The maximum atomic E-state index is 12.7. The summed E-state index contributed by atoms with van der Waals surface area (Å²) in [5.74, 6) is 0.568. The van der Waals surface area contributed by atoms with Crippen LogP contribution < -0.4 is 10.1 Å². The number of benzene rings is 2. The predicted octanol–water partition coefficient (Wildman–Crippen LogP) is 3.90. The third kappa shape index (κ3) is 3.25. The average molecular weight is 358 g/mol. The lowest BCUT2D eigenvalue weighted by Crippen LogP contribution is -2.11. The summed E-state index contributed by atoms with van der Waals surface area (Å²) in [5, 5.41) is 8.44. The van der Waals surface area contributed by atoms with Crippen molar-refractivity contribution >= 4 is 22.5 Å². The van der Waals surface area contributed by atoms with E-state index in [0.29, 0.717) is 11.3 Å². The highest BCUT2D eigenvalue weighted by molar-refractivity contribution is 6.07. The molecule has 4 rings (SSSR count). The summed E-state index contributed by atoms with van der Waals surface area (Å²) >= 11 is 0. The zero-order chi connectivity index (χ0) is 18.8. The molecule has 0 bridgehead atoms. The minimum atomic E-state index is -0.174. The average Bonchev–Trinajstić information content (AvgIpc) is 3.05. The van der Waals surface area contributed by atoms with Crippen molar-refractivity contribution in [3.8, 4) is 17.0 Å². The van der Waals surface area contributed by atoms with Gasteiger partial charge in [-0.05, 0) is 54.6 Å². The molecule has 0 fully saturated rings. The fraction of sp³-hybridized carbons (Fsp3) is 0.0952. The molecule has 6 nitrogen and oxygen atoms in total. The van der Waals surface area contributed by atoms with Crippen molar-refractivity contribution in [2.24, 2.45) is 7.05 Å². The standard InChI is InChI=1S/C21H18N4O2/c1-25-19-8-3-15(21(26)23-16-4-6-17(27-2)7-5-16)13-18(19)20(24-25)14-9-11-22-12-10-14/h3-13H,1-2H3,(H,23,26). The molecule has 0 radical (unpaired) electrons. The van der Waals surface area contributed by atoms with Crippen molar-refractivity contribution in [1.29, 1.82) is 0 Å². The first-order chi connectivity index (χ1) is 13.2. The number of hydrogen-bond donors (Lipinski definition) is 1. The number of fused-ring (bicyclic) bond motifs is 1. The lowest BCUT2D eigenvalue weighted by Gasteiger charge is -2.07. The van der Waals surface area contributed by atoms with E-state index in [1.165, 1.54) is 0 Å². The van der Waals surface area contributed by atoms with Crippen LogP contribution in [0.3, 0.4) is 0 Å². The zero-order valence-corrected chi connectivity index (χ0v) is 15.0. The Labute approximate surface area is 156 Å². The van der Waals surface area contributed by atoms with E-state index in [0.717, 1.165) is 27.9 Å². The van der Waals surface area contributed by atoms with E-state index in [4.69, 9.17) is 4.74 Å². The van der Waals surface area contributed by atoms with E-state index in [2.05, 4.69) is 15.4 Å². The molecule has 0 aliphatic heterocycles. The SMILES string of the molecule is COc1ccc(NC(=O)c2ccc3c(c2)c(-c2ccncc2)nn3C)cc1. The van der Waals surface area contributed by atoms with Gasteiger partial charge in [0.15, 0.2) is 0 Å². The van der Waals surface area contributed by atoms with Crippen molar-refractivity contribution in [1.82, 2.24) is 14.8 Å². The Bertz CT molecular complexity index is 1100. The normalized spacial score (nSPS) is 10.7. The van der Waals surface area contributed by atoms with Gasteiger partial charge in [-0.1, -0.05) is 0 Å². The first-order valence-electron chi connectivity index (χ1n) is 8.48. The van der Waals surface area contributed by atoms with Crippen LogP contribution in [0.2, 0.25) is 0 Å². The number of hydrogen-bond acceptors (Lipinski definition) is 4. The second kappa shape index (κ2) is 6.92. The van der Waals surface area contributed by atoms with Gasteiger partial charge in [0.2, 0.25) is 0 Å². The van der Waals surface area contributed by atoms with Gasteiger partial charge in [-0.25, -0.2) is 0 Å². The molecular formula is C21H18N4O2. The van der Waals surface area contributed by atoms with Crippen LogP contribution in [0.1, 0.15) is 10.4 Å². The molecule has 1 N–H and O–H groups in total. The molecule has 4 aromatic rings. The summed E-state index contributed by atoms with van der Waals surface area (Å²) in [7, 11) is 3.50. The van der Waals surface area contributed by atoms with Gasteiger partial charge in [0.25, 0.3) is 5.91 Å². The molecule has 0 saturated carbocycles. The molecule has 2 heterocycles. The molecule has 0 aliphatic carbocycles. The van der Waals surface area contributed by atoms with Crippen LogP contribution in [0.4, 0.5) is 5.69 Å². The third-order valence-electron chi connectivity index (χ3n) is 4.41. The Morgan fingerprint density at radius 3 is 2.48 bits per heavy atom. The highest BCUT2D eigenvalue weighted by Crippen LogP contribution is 2.28. The molecule has 0 unspecified atom stereocenters. The largest absolute Gasteiger partial charge is 0.497 e. The van der Waals surface area contributed by atoms with Gasteiger partial charge in [0, 0.05) is 41.6 Å². The summed E-state index contributed by atoms with van der Waals surface area (Å²) in [6, 6.07) is 16.6. The van der Waals surface area contributed by atoms with Crippen molar-refractivity contribution < 1.29 is 9.53 Å². The Hall–Kier alpha value is -3.67. The molecule has 6 heteroatoms. The fourth-order valence-corrected chi connectivity index (χ4v) is 3.01. The van der Waals surface area contributed by atoms with Crippen LogP contribution in [0, 0.1) is 0 Å². The number of nitrogens with zero attached hydrogens (tertiary/aromatic N) is 3. The summed E-state index contributed by atoms with van der Waals surface area (Å²) in [5.41, 5.74) is 4.03. The molecule has 0 saturated heterocycles. The number of methoxy groups -OCH3 is 1. The number of carbonyl (C=O) groups excluding carboxylic acids is 1. The number of aromatic nitrogens is 3. The lowest BCUT2D eigenvalue weighted by atomic mass is 10.1. The van der Waals surface area contributed by atoms with Gasteiger partial charge in [-0.3, -0.25) is 14.5 Å². The van der Waals surface area contributed by atoms with Crippen LogP contribution in [0.15, 0.2) is 67.0 Å². The van der Waals surface area contributed by atoms with Crippen LogP contribution >= 0.6 is 0 Å². The Morgan fingerprint density at radius 2 is 1.78 bits per heavy atom. The van der Waals surface area contributed by atoms with Crippen LogP contribution in [0.5, 0.6) is 5.75 Å². The smallest absolute Gasteiger partial charge is 0.255 e. The van der Waals surface area contributed by atoms with Crippen molar-refractivity contribution in [2.45, 2.75) is 0 Å². The van der Waals surface area contributed by atoms with Gasteiger partial charge in [-0.2, -0.15) is 5.10 Å². The molecule has 1 amide bonds. The maximum Gasteiger partial charge on any atom is 0.255 e. The van der Waals surface area contributed by atoms with Crippen molar-refractivity contribution in [3.05, 3.63) is 72.6 Å². The number of rotatable bonds is 4. The van der Waals surface area contributed by atoms with Crippen LogP contribution in [-0.4, -0.2) is 27.8 Å². The summed E-state index contributed by atoms with van der Waals surface area (Å²) in [6.45, 7) is 0. The Morgan fingerprint density at radius 1 is 1.04 bits per heavy atom. The Kier molecular flexibility index (Phi) is 4.30. The van der Waals surface area contributed by atoms with E-state index in [1.807, 2.05) is 60.3 Å². The second-order valence-electron chi connectivity index (χ2n) is 6.12.